The number of sulfonamides is 1. The lowest BCUT2D eigenvalue weighted by atomic mass is 10.0. The van der Waals surface area contributed by atoms with Gasteiger partial charge in [0.05, 0.1) is 12.8 Å². The zero-order valence-electron chi connectivity index (χ0n) is 12.1. The van der Waals surface area contributed by atoms with Gasteiger partial charge in [-0.2, -0.15) is 0 Å². The number of hydrogen-bond donors (Lipinski definition) is 2. The number of carbonyl (C=O) groups excluding carboxylic acids is 1. The summed E-state index contributed by atoms with van der Waals surface area (Å²) in [6.45, 7) is 0.307. The smallest absolute Gasteiger partial charge is 0.326 e. The summed E-state index contributed by atoms with van der Waals surface area (Å²) < 4.78 is 29.6. The molecule has 0 saturated carbocycles. The van der Waals surface area contributed by atoms with E-state index in [1.165, 1.54) is 17.0 Å². The monoisotopic (exact) mass is 330 g/mol. The molecule has 1 amide bonds. The highest BCUT2D eigenvalue weighted by Crippen LogP contribution is 2.21. The molecule has 9 heteroatoms. The molecule has 122 valence electrons. The molecule has 1 unspecified atom stereocenters. The Morgan fingerprint density at radius 1 is 1.41 bits per heavy atom. The number of carboxylic acid groups (broad SMARTS) is 1. The van der Waals surface area contributed by atoms with Crippen LogP contribution in [-0.2, 0) is 21.4 Å². The summed E-state index contributed by atoms with van der Waals surface area (Å²) in [7, 11) is -3.36. The van der Waals surface area contributed by atoms with Crippen LogP contribution in [0.3, 0.4) is 0 Å². The number of hydrogen-bond acceptors (Lipinski definition) is 5. The van der Waals surface area contributed by atoms with E-state index in [2.05, 4.69) is 4.72 Å². The lowest BCUT2D eigenvalue weighted by molar-refractivity contribution is -0.143. The summed E-state index contributed by atoms with van der Waals surface area (Å²) in [4.78, 5) is 24.9. The van der Waals surface area contributed by atoms with Crippen LogP contribution in [0, 0.1) is 0 Å². The van der Waals surface area contributed by atoms with Crippen molar-refractivity contribution in [3.05, 3.63) is 23.7 Å². The zero-order valence-corrected chi connectivity index (χ0v) is 12.9. The zero-order chi connectivity index (χ0) is 16.3. The molecule has 1 atom stereocenters. The number of carboxylic acids is 1. The highest BCUT2D eigenvalue weighted by atomic mass is 32.2. The second-order valence-electron chi connectivity index (χ2n) is 5.21. The maximum absolute atomic E-state index is 12.4. The summed E-state index contributed by atoms with van der Waals surface area (Å²) in [6.07, 6.45) is 2.96. The van der Waals surface area contributed by atoms with Gasteiger partial charge in [-0.15, -0.1) is 0 Å². The molecule has 1 aliphatic heterocycles. The molecule has 8 nitrogen and oxygen atoms in total. The van der Waals surface area contributed by atoms with Gasteiger partial charge < -0.3 is 14.4 Å². The molecule has 2 heterocycles. The predicted molar refractivity (Wildman–Crippen MR) is 76.7 cm³/mol. The van der Waals surface area contributed by atoms with E-state index >= 15 is 0 Å². The molecule has 0 aromatic carbocycles. The van der Waals surface area contributed by atoms with E-state index < -0.39 is 27.9 Å². The molecule has 0 spiro atoms. The van der Waals surface area contributed by atoms with Crippen LogP contribution in [0.4, 0.5) is 0 Å². The Hall–Kier alpha value is -1.87. The van der Waals surface area contributed by atoms with E-state index in [0.717, 1.165) is 19.1 Å². The summed E-state index contributed by atoms with van der Waals surface area (Å²) >= 11 is 0. The van der Waals surface area contributed by atoms with Crippen molar-refractivity contribution in [2.24, 2.45) is 0 Å². The lowest BCUT2D eigenvalue weighted by Gasteiger charge is -2.32. The van der Waals surface area contributed by atoms with Crippen LogP contribution >= 0.6 is 0 Å². The van der Waals surface area contributed by atoms with E-state index in [9.17, 15) is 23.1 Å². The Bertz CT molecular complexity index is 666. The average molecular weight is 330 g/mol. The Balaban J connectivity index is 2.09. The fraction of sp³-hybridized carbons (Fsp3) is 0.538. The van der Waals surface area contributed by atoms with Crippen molar-refractivity contribution in [2.75, 3.05) is 12.8 Å². The van der Waals surface area contributed by atoms with Gasteiger partial charge in [-0.25, -0.2) is 17.9 Å². The molecule has 1 fully saturated rings. The third kappa shape index (κ3) is 4.08. The number of nitrogens with one attached hydrogen (secondary N) is 1. The van der Waals surface area contributed by atoms with Crippen LogP contribution in [0.2, 0.25) is 0 Å². The standard InChI is InChI=1S/C13H18N2O6S/c1-22(19,20)14-8-9-5-6-11(21-9)12(16)15-7-3-2-4-10(15)13(17)18/h5-6,10,14H,2-4,7-8H2,1H3,(H,17,18). The van der Waals surface area contributed by atoms with E-state index in [4.69, 9.17) is 4.42 Å². The van der Waals surface area contributed by atoms with Crippen molar-refractivity contribution >= 4 is 21.9 Å². The topological polar surface area (TPSA) is 117 Å². The van der Waals surface area contributed by atoms with Crippen molar-refractivity contribution in [3.8, 4) is 0 Å². The van der Waals surface area contributed by atoms with Crippen LogP contribution in [0.25, 0.3) is 0 Å². The number of amides is 1. The van der Waals surface area contributed by atoms with Crippen LogP contribution in [0.15, 0.2) is 16.5 Å². The Morgan fingerprint density at radius 3 is 2.77 bits per heavy atom. The molecule has 1 saturated heterocycles. The third-order valence-electron chi connectivity index (χ3n) is 3.43. The van der Waals surface area contributed by atoms with E-state index in [1.54, 1.807) is 0 Å². The van der Waals surface area contributed by atoms with Gasteiger partial charge >= 0.3 is 5.97 Å². The normalized spacial score (nSPS) is 19.1. The highest BCUT2D eigenvalue weighted by Gasteiger charge is 2.33. The first-order chi connectivity index (χ1) is 10.3. The molecular formula is C13H18N2O6S. The first-order valence-corrected chi connectivity index (χ1v) is 8.74. The molecule has 2 N–H and O–H groups in total. The molecule has 2 rings (SSSR count). The number of rotatable bonds is 5. The van der Waals surface area contributed by atoms with Gasteiger partial charge in [-0.1, -0.05) is 0 Å². The SMILES string of the molecule is CS(=O)(=O)NCc1ccc(C(=O)N2CCCCC2C(=O)O)o1. The van der Waals surface area contributed by atoms with E-state index in [1.807, 2.05) is 0 Å². The number of carbonyl (C=O) groups is 2. The van der Waals surface area contributed by atoms with Crippen molar-refractivity contribution in [1.82, 2.24) is 9.62 Å². The predicted octanol–water partition coefficient (Wildman–Crippen LogP) is 0.408. The molecule has 0 radical (unpaired) electrons. The summed E-state index contributed by atoms with van der Waals surface area (Å²) in [5, 5.41) is 9.18. The van der Waals surface area contributed by atoms with Crippen molar-refractivity contribution in [3.63, 3.8) is 0 Å². The Labute approximate surface area is 128 Å². The molecule has 0 aliphatic carbocycles. The lowest BCUT2D eigenvalue weighted by Crippen LogP contribution is -2.47. The van der Waals surface area contributed by atoms with E-state index in [0.29, 0.717) is 13.0 Å². The minimum Gasteiger partial charge on any atom is -0.480 e. The number of nitrogens with zero attached hydrogens (tertiary/aromatic N) is 1. The van der Waals surface area contributed by atoms with Gasteiger partial charge in [0.25, 0.3) is 5.91 Å². The number of aliphatic carboxylic acids is 1. The number of furan rings is 1. The minimum absolute atomic E-state index is 0.0125. The molecule has 1 aromatic rings. The Kier molecular flexibility index (Phi) is 4.87. The third-order valence-corrected chi connectivity index (χ3v) is 4.10. The van der Waals surface area contributed by atoms with Crippen LogP contribution in [0.1, 0.15) is 35.6 Å². The largest absolute Gasteiger partial charge is 0.480 e. The van der Waals surface area contributed by atoms with Crippen LogP contribution in [0.5, 0.6) is 0 Å². The Morgan fingerprint density at radius 2 is 2.14 bits per heavy atom. The van der Waals surface area contributed by atoms with Gasteiger partial charge in [0.1, 0.15) is 11.8 Å². The van der Waals surface area contributed by atoms with Gasteiger partial charge in [-0.05, 0) is 31.4 Å². The summed E-state index contributed by atoms with van der Waals surface area (Å²) in [5.74, 6) is -1.22. The molecular weight excluding hydrogens is 312 g/mol. The van der Waals surface area contributed by atoms with Crippen molar-refractivity contribution in [2.45, 2.75) is 31.8 Å². The molecule has 0 bridgehead atoms. The number of piperidine rings is 1. The first-order valence-electron chi connectivity index (χ1n) is 6.85. The molecule has 1 aromatic heterocycles. The maximum atomic E-state index is 12.4. The van der Waals surface area contributed by atoms with Crippen molar-refractivity contribution < 1.29 is 27.5 Å². The fourth-order valence-corrected chi connectivity index (χ4v) is 2.77. The molecule has 22 heavy (non-hydrogen) atoms. The minimum atomic E-state index is -3.36. The average Bonchev–Trinajstić information content (AvgIpc) is 2.92. The van der Waals surface area contributed by atoms with Gasteiger partial charge in [0, 0.05) is 6.54 Å². The quantitative estimate of drug-likeness (QED) is 0.807. The second kappa shape index (κ2) is 6.49. The summed E-state index contributed by atoms with van der Waals surface area (Å²) in [5.41, 5.74) is 0. The fourth-order valence-electron chi connectivity index (χ4n) is 2.36. The first kappa shape index (κ1) is 16.5. The second-order valence-corrected chi connectivity index (χ2v) is 7.04. The summed E-state index contributed by atoms with van der Waals surface area (Å²) in [6, 6.07) is 2.07. The van der Waals surface area contributed by atoms with Gasteiger partial charge in [0.15, 0.2) is 5.76 Å². The van der Waals surface area contributed by atoms with Crippen LogP contribution < -0.4 is 4.72 Å². The van der Waals surface area contributed by atoms with Crippen LogP contribution in [-0.4, -0.2) is 49.1 Å². The van der Waals surface area contributed by atoms with Gasteiger partial charge in [0.2, 0.25) is 10.0 Å². The maximum Gasteiger partial charge on any atom is 0.326 e. The van der Waals surface area contributed by atoms with Crippen molar-refractivity contribution in [1.29, 1.82) is 0 Å². The number of likely N-dealkylation sites (tertiary alicyclic amines) is 1. The molecule has 1 aliphatic rings. The highest BCUT2D eigenvalue weighted by molar-refractivity contribution is 7.88. The van der Waals surface area contributed by atoms with Gasteiger partial charge in [-0.3, -0.25) is 4.79 Å². The van der Waals surface area contributed by atoms with E-state index in [-0.39, 0.29) is 18.1 Å².